The molecule has 0 unspecified atom stereocenters. The van der Waals surface area contributed by atoms with Crippen LogP contribution in [-0.4, -0.2) is 0 Å². The minimum Gasteiger partial charge on any atom is -0.309 e. The largest absolute Gasteiger partial charge is 0.309 e. The molecule has 1 nitrogen and oxygen atoms in total. The van der Waals surface area contributed by atoms with E-state index in [-0.39, 0.29) is 5.41 Å². The van der Waals surface area contributed by atoms with Crippen molar-refractivity contribution in [2.45, 2.75) is 19.3 Å². The van der Waals surface area contributed by atoms with E-state index in [1.165, 1.54) is 83.2 Å². The molecule has 0 saturated carbocycles. The van der Waals surface area contributed by atoms with E-state index >= 15 is 0 Å². The highest BCUT2D eigenvalue weighted by molar-refractivity contribution is 5.99. The van der Waals surface area contributed by atoms with Gasteiger partial charge in [0.05, 0.1) is 11.4 Å². The molecule has 0 fully saturated rings. The van der Waals surface area contributed by atoms with E-state index in [0.29, 0.717) is 0 Å². The summed E-state index contributed by atoms with van der Waals surface area (Å²) < 4.78 is 0. The summed E-state index contributed by atoms with van der Waals surface area (Å²) in [5, 5.41) is 2.53. The van der Waals surface area contributed by atoms with E-state index in [2.05, 4.69) is 231 Å². The van der Waals surface area contributed by atoms with Gasteiger partial charge < -0.3 is 4.90 Å². The van der Waals surface area contributed by atoms with Crippen LogP contribution in [0.4, 0.5) is 17.1 Å². The van der Waals surface area contributed by atoms with Crippen LogP contribution in [0.15, 0.2) is 212 Å². The molecule has 0 bridgehead atoms. The monoisotopic (exact) mass is 715 g/mol. The second-order valence-electron chi connectivity index (χ2n) is 15.3. The van der Waals surface area contributed by atoms with Crippen molar-refractivity contribution in [1.82, 2.24) is 0 Å². The molecule has 10 rings (SSSR count). The Hall–Kier alpha value is -6.96. The maximum absolute atomic E-state index is 2.50. The van der Waals surface area contributed by atoms with Gasteiger partial charge in [0.1, 0.15) is 0 Å². The molecule has 1 aliphatic rings. The summed E-state index contributed by atoms with van der Waals surface area (Å²) in [4.78, 5) is 2.50. The smallest absolute Gasteiger partial charge is 0.0543 e. The molecule has 0 N–H and O–H groups in total. The zero-order valence-electron chi connectivity index (χ0n) is 31.7. The van der Waals surface area contributed by atoms with E-state index in [1.54, 1.807) is 0 Å². The molecule has 9 aromatic rings. The van der Waals surface area contributed by atoms with Crippen molar-refractivity contribution in [3.05, 3.63) is 223 Å². The predicted octanol–water partition coefficient (Wildman–Crippen LogP) is 15.3. The number of nitrogens with zero attached hydrogens (tertiary/aromatic N) is 1. The van der Waals surface area contributed by atoms with Gasteiger partial charge >= 0.3 is 0 Å². The first kappa shape index (κ1) is 33.6. The third kappa shape index (κ3) is 5.72. The van der Waals surface area contributed by atoms with Crippen LogP contribution in [0, 0.1) is 0 Å². The normalized spacial score (nSPS) is 12.6. The fourth-order valence-corrected chi connectivity index (χ4v) is 8.88. The highest BCUT2D eigenvalue weighted by Gasteiger charge is 2.38. The maximum Gasteiger partial charge on any atom is 0.0543 e. The molecule has 0 aliphatic heterocycles. The van der Waals surface area contributed by atoms with E-state index in [4.69, 9.17) is 0 Å². The molecule has 1 heteroatoms. The summed E-state index contributed by atoms with van der Waals surface area (Å²) in [6, 6.07) is 77.6. The van der Waals surface area contributed by atoms with Crippen molar-refractivity contribution in [1.29, 1.82) is 0 Å². The molecule has 0 heterocycles. The number of fused-ring (bicyclic) bond motifs is 4. The van der Waals surface area contributed by atoms with E-state index < -0.39 is 0 Å². The minimum absolute atomic E-state index is 0.120. The van der Waals surface area contributed by atoms with Crippen molar-refractivity contribution in [3.63, 3.8) is 0 Å². The van der Waals surface area contributed by atoms with Gasteiger partial charge in [0, 0.05) is 22.2 Å². The number of hydrogen-bond acceptors (Lipinski definition) is 1. The second-order valence-corrected chi connectivity index (χ2v) is 15.3. The van der Waals surface area contributed by atoms with Crippen LogP contribution < -0.4 is 4.90 Å². The Labute approximate surface area is 329 Å². The first-order valence-corrected chi connectivity index (χ1v) is 19.5. The summed E-state index contributed by atoms with van der Waals surface area (Å²) in [6.45, 7) is 4.72. The van der Waals surface area contributed by atoms with Crippen LogP contribution in [0.1, 0.15) is 25.0 Å². The van der Waals surface area contributed by atoms with Crippen LogP contribution in [-0.2, 0) is 5.41 Å². The number of anilines is 3. The lowest BCUT2D eigenvalue weighted by atomic mass is 9.82. The van der Waals surface area contributed by atoms with Gasteiger partial charge in [-0.25, -0.2) is 0 Å². The molecule has 0 amide bonds. The maximum atomic E-state index is 2.50. The molecule has 0 saturated heterocycles. The minimum atomic E-state index is -0.120. The third-order valence-electron chi connectivity index (χ3n) is 11.7. The quantitative estimate of drug-likeness (QED) is 0.159. The average molecular weight is 716 g/mol. The molecule has 0 atom stereocenters. The van der Waals surface area contributed by atoms with Gasteiger partial charge in [-0.3, -0.25) is 0 Å². The lowest BCUT2D eigenvalue weighted by Gasteiger charge is -2.31. The average Bonchev–Trinajstić information content (AvgIpc) is 3.50. The van der Waals surface area contributed by atoms with Crippen molar-refractivity contribution in [2.75, 3.05) is 4.90 Å². The first-order valence-electron chi connectivity index (χ1n) is 19.5. The Morgan fingerprint density at radius 2 is 0.875 bits per heavy atom. The van der Waals surface area contributed by atoms with E-state index in [1.807, 2.05) is 0 Å². The Kier molecular flexibility index (Phi) is 8.23. The lowest BCUT2D eigenvalue weighted by molar-refractivity contribution is 0.660. The van der Waals surface area contributed by atoms with Gasteiger partial charge in [-0.2, -0.15) is 0 Å². The van der Waals surface area contributed by atoms with Crippen LogP contribution in [0.2, 0.25) is 0 Å². The summed E-state index contributed by atoms with van der Waals surface area (Å²) in [5.41, 5.74) is 18.2. The Balaban J connectivity index is 1.14. The van der Waals surface area contributed by atoms with Crippen LogP contribution >= 0.6 is 0 Å². The topological polar surface area (TPSA) is 3.24 Å². The summed E-state index contributed by atoms with van der Waals surface area (Å²) >= 11 is 0. The SMILES string of the molecule is CC1(C)c2ccccc2-c2c(N(c3cccc(-c4ccc(-c5cccc6ccccc56)cc4)c3)c3ccccc3-c3cccc(-c4ccccc4)c3)cccc21. The third-order valence-corrected chi connectivity index (χ3v) is 11.7. The highest BCUT2D eigenvalue weighted by Crippen LogP contribution is 2.55. The van der Waals surface area contributed by atoms with E-state index in [9.17, 15) is 0 Å². The predicted molar refractivity (Wildman–Crippen MR) is 238 cm³/mol. The summed E-state index contributed by atoms with van der Waals surface area (Å²) in [6.07, 6.45) is 0. The Bertz CT molecular complexity index is 2880. The zero-order chi connectivity index (χ0) is 37.6. The zero-order valence-corrected chi connectivity index (χ0v) is 31.7. The van der Waals surface area contributed by atoms with Gasteiger partial charge in [-0.15, -0.1) is 0 Å². The van der Waals surface area contributed by atoms with Gasteiger partial charge in [-0.05, 0) is 96.7 Å². The molecule has 0 spiro atoms. The Morgan fingerprint density at radius 3 is 1.73 bits per heavy atom. The van der Waals surface area contributed by atoms with Crippen molar-refractivity contribution >= 4 is 27.8 Å². The fraction of sp³-hybridized carbons (Fsp3) is 0.0545. The summed E-state index contributed by atoms with van der Waals surface area (Å²) in [5.74, 6) is 0. The first-order chi connectivity index (χ1) is 27.5. The van der Waals surface area contributed by atoms with Gasteiger partial charge in [0.2, 0.25) is 0 Å². The van der Waals surface area contributed by atoms with Crippen molar-refractivity contribution < 1.29 is 0 Å². The molecule has 9 aromatic carbocycles. The van der Waals surface area contributed by atoms with E-state index in [0.717, 1.165) is 11.4 Å². The second kappa shape index (κ2) is 13.7. The number of para-hydroxylation sites is 1. The number of benzene rings is 9. The number of rotatable bonds is 7. The molecule has 0 aromatic heterocycles. The molecule has 266 valence electrons. The van der Waals surface area contributed by atoms with Crippen molar-refractivity contribution in [2.24, 2.45) is 0 Å². The lowest BCUT2D eigenvalue weighted by Crippen LogP contribution is -2.16. The van der Waals surface area contributed by atoms with Gasteiger partial charge in [-0.1, -0.05) is 196 Å². The molecular formula is C55H41N. The fourth-order valence-electron chi connectivity index (χ4n) is 8.88. The van der Waals surface area contributed by atoms with Crippen LogP contribution in [0.25, 0.3) is 66.4 Å². The highest BCUT2D eigenvalue weighted by atomic mass is 15.1. The van der Waals surface area contributed by atoms with Gasteiger partial charge in [0.25, 0.3) is 0 Å². The summed E-state index contributed by atoms with van der Waals surface area (Å²) in [7, 11) is 0. The molecular weight excluding hydrogens is 675 g/mol. The number of hydrogen-bond donors (Lipinski definition) is 0. The van der Waals surface area contributed by atoms with Crippen LogP contribution in [0.5, 0.6) is 0 Å². The standard InChI is InChI=1S/C55H41N/c1-55(2)50-28-10-8-26-49(50)54-51(55)29-15-31-53(54)56(52-30-11-9-25-48(52)44-22-12-20-42(36-44)38-16-4-3-5-17-38)45-23-13-21-43(37-45)39-32-34-41(35-33-39)47-27-14-19-40-18-6-7-24-46(40)47/h3-37H,1-2H3. The molecule has 0 radical (unpaired) electrons. The van der Waals surface area contributed by atoms with Crippen LogP contribution in [0.3, 0.4) is 0 Å². The van der Waals surface area contributed by atoms with Gasteiger partial charge in [0.15, 0.2) is 0 Å². The molecule has 56 heavy (non-hydrogen) atoms. The van der Waals surface area contributed by atoms with Crippen molar-refractivity contribution in [3.8, 4) is 55.6 Å². The molecule has 1 aliphatic carbocycles. The Morgan fingerprint density at radius 1 is 0.339 bits per heavy atom.